The van der Waals surface area contributed by atoms with Gasteiger partial charge in [0, 0.05) is 13.1 Å². The average molecular weight is 292 g/mol. The Morgan fingerprint density at radius 3 is 2.67 bits per heavy atom. The van der Waals surface area contributed by atoms with Gasteiger partial charge in [-0.15, -0.1) is 0 Å². The highest BCUT2D eigenvalue weighted by Gasteiger charge is 2.31. The number of hydrogen-bond acceptors (Lipinski definition) is 4. The maximum absolute atomic E-state index is 5.98. The maximum Gasteiger partial charge on any atom is 0.119 e. The fourth-order valence-corrected chi connectivity index (χ4v) is 2.80. The summed E-state index contributed by atoms with van der Waals surface area (Å²) in [5.41, 5.74) is 1.29. The van der Waals surface area contributed by atoms with Crippen molar-refractivity contribution in [2.45, 2.75) is 39.0 Å². The van der Waals surface area contributed by atoms with E-state index in [1.54, 1.807) is 0 Å². The van der Waals surface area contributed by atoms with Crippen LogP contribution in [0.15, 0.2) is 24.3 Å². The number of likely N-dealkylation sites (N-methyl/N-ethyl adjacent to an activating group) is 2. The van der Waals surface area contributed by atoms with Crippen molar-refractivity contribution in [1.82, 2.24) is 10.2 Å². The van der Waals surface area contributed by atoms with Crippen LogP contribution >= 0.6 is 0 Å². The van der Waals surface area contributed by atoms with Crippen LogP contribution in [0.5, 0.6) is 5.75 Å². The highest BCUT2D eigenvalue weighted by molar-refractivity contribution is 5.30. The monoisotopic (exact) mass is 292 g/mol. The van der Waals surface area contributed by atoms with Crippen molar-refractivity contribution < 1.29 is 9.47 Å². The minimum Gasteiger partial charge on any atom is -0.491 e. The molecule has 118 valence electrons. The molecule has 0 saturated carbocycles. The van der Waals surface area contributed by atoms with Gasteiger partial charge >= 0.3 is 0 Å². The number of nitrogens with zero attached hydrogens (tertiary/aromatic N) is 1. The standard InChI is InChI=1S/C17H28N2O2/c1-5-18-12-16-17(19(4)10-11-20-16)14-6-8-15(9-7-14)21-13(2)3/h6-9,13,16-18H,5,10-12H2,1-4H3. The van der Waals surface area contributed by atoms with E-state index in [-0.39, 0.29) is 12.2 Å². The van der Waals surface area contributed by atoms with Gasteiger partial charge in [-0.3, -0.25) is 4.90 Å². The minimum atomic E-state index is 0.195. The summed E-state index contributed by atoms with van der Waals surface area (Å²) in [4.78, 5) is 2.38. The molecule has 2 unspecified atom stereocenters. The van der Waals surface area contributed by atoms with Crippen LogP contribution in [0.3, 0.4) is 0 Å². The zero-order valence-electron chi connectivity index (χ0n) is 13.6. The smallest absolute Gasteiger partial charge is 0.119 e. The highest BCUT2D eigenvalue weighted by Crippen LogP contribution is 2.29. The van der Waals surface area contributed by atoms with Gasteiger partial charge in [0.05, 0.1) is 24.9 Å². The number of rotatable bonds is 6. The zero-order chi connectivity index (χ0) is 15.2. The first-order valence-electron chi connectivity index (χ1n) is 7.91. The molecule has 0 aromatic heterocycles. The maximum atomic E-state index is 5.98. The SMILES string of the molecule is CCNCC1OCCN(C)C1c1ccc(OC(C)C)cc1. The summed E-state index contributed by atoms with van der Waals surface area (Å²) in [7, 11) is 2.17. The van der Waals surface area contributed by atoms with Gasteiger partial charge in [-0.2, -0.15) is 0 Å². The number of morpholine rings is 1. The fourth-order valence-electron chi connectivity index (χ4n) is 2.80. The van der Waals surface area contributed by atoms with Gasteiger partial charge in [0.1, 0.15) is 5.75 Å². The van der Waals surface area contributed by atoms with Crippen LogP contribution in [-0.2, 0) is 4.74 Å². The molecule has 2 rings (SSSR count). The molecule has 1 heterocycles. The highest BCUT2D eigenvalue weighted by atomic mass is 16.5. The van der Waals surface area contributed by atoms with Crippen molar-refractivity contribution in [2.24, 2.45) is 0 Å². The molecule has 1 aromatic carbocycles. The quantitative estimate of drug-likeness (QED) is 0.873. The van der Waals surface area contributed by atoms with Gasteiger partial charge in [-0.05, 0) is 45.1 Å². The minimum absolute atomic E-state index is 0.195. The third kappa shape index (κ3) is 4.43. The predicted octanol–water partition coefficient (Wildman–Crippen LogP) is 2.46. The molecule has 1 aliphatic rings. The van der Waals surface area contributed by atoms with Crippen LogP contribution in [-0.4, -0.2) is 50.4 Å². The van der Waals surface area contributed by atoms with E-state index < -0.39 is 0 Å². The van der Waals surface area contributed by atoms with Crippen LogP contribution in [0.2, 0.25) is 0 Å². The Morgan fingerprint density at radius 1 is 1.33 bits per heavy atom. The van der Waals surface area contributed by atoms with Gasteiger partial charge < -0.3 is 14.8 Å². The molecule has 1 fully saturated rings. The van der Waals surface area contributed by atoms with Crippen molar-refractivity contribution in [3.63, 3.8) is 0 Å². The summed E-state index contributed by atoms with van der Waals surface area (Å²) < 4.78 is 11.7. The average Bonchev–Trinajstić information content (AvgIpc) is 2.46. The summed E-state index contributed by atoms with van der Waals surface area (Å²) in [6, 6.07) is 8.73. The van der Waals surface area contributed by atoms with E-state index in [1.807, 2.05) is 13.8 Å². The molecule has 1 saturated heterocycles. The third-order valence-corrected chi connectivity index (χ3v) is 3.79. The molecule has 4 nitrogen and oxygen atoms in total. The third-order valence-electron chi connectivity index (χ3n) is 3.79. The fraction of sp³-hybridized carbons (Fsp3) is 0.647. The normalized spacial score (nSPS) is 23.5. The lowest BCUT2D eigenvalue weighted by Gasteiger charge is -2.39. The molecule has 0 aliphatic carbocycles. The van der Waals surface area contributed by atoms with Crippen LogP contribution < -0.4 is 10.1 Å². The second-order valence-electron chi connectivity index (χ2n) is 5.88. The molecule has 1 N–H and O–H groups in total. The molecule has 0 amide bonds. The van der Waals surface area contributed by atoms with Crippen molar-refractivity contribution in [3.8, 4) is 5.75 Å². The molecular weight excluding hydrogens is 264 g/mol. The van der Waals surface area contributed by atoms with E-state index in [2.05, 4.69) is 48.5 Å². The van der Waals surface area contributed by atoms with E-state index in [9.17, 15) is 0 Å². The first-order chi connectivity index (χ1) is 10.1. The Morgan fingerprint density at radius 2 is 2.05 bits per heavy atom. The van der Waals surface area contributed by atoms with Crippen LogP contribution in [0.4, 0.5) is 0 Å². The van der Waals surface area contributed by atoms with Crippen LogP contribution in [0.25, 0.3) is 0 Å². The largest absolute Gasteiger partial charge is 0.491 e. The summed E-state index contributed by atoms with van der Waals surface area (Å²) >= 11 is 0. The molecule has 0 radical (unpaired) electrons. The number of benzene rings is 1. The van der Waals surface area contributed by atoms with Gasteiger partial charge in [0.25, 0.3) is 0 Å². The number of ether oxygens (including phenoxy) is 2. The number of nitrogens with one attached hydrogen (secondary N) is 1. The Bertz CT molecular complexity index is 419. The zero-order valence-corrected chi connectivity index (χ0v) is 13.6. The van der Waals surface area contributed by atoms with Gasteiger partial charge in [-0.1, -0.05) is 19.1 Å². The first-order valence-corrected chi connectivity index (χ1v) is 7.91. The lowest BCUT2D eigenvalue weighted by Crippen LogP contribution is -2.47. The molecule has 0 bridgehead atoms. The van der Waals surface area contributed by atoms with E-state index in [0.29, 0.717) is 6.04 Å². The second kappa shape index (κ2) is 7.78. The van der Waals surface area contributed by atoms with Crippen molar-refractivity contribution in [3.05, 3.63) is 29.8 Å². The van der Waals surface area contributed by atoms with Gasteiger partial charge in [0.15, 0.2) is 0 Å². The Labute approximate surface area is 128 Å². The molecule has 0 spiro atoms. The van der Waals surface area contributed by atoms with Gasteiger partial charge in [-0.25, -0.2) is 0 Å². The summed E-state index contributed by atoms with van der Waals surface area (Å²) in [6.07, 6.45) is 0.401. The van der Waals surface area contributed by atoms with Crippen LogP contribution in [0, 0.1) is 0 Å². The van der Waals surface area contributed by atoms with E-state index in [1.165, 1.54) is 5.56 Å². The van der Waals surface area contributed by atoms with Crippen molar-refractivity contribution >= 4 is 0 Å². The first kappa shape index (κ1) is 16.3. The summed E-state index contributed by atoms with van der Waals surface area (Å²) in [5, 5.41) is 3.40. The van der Waals surface area contributed by atoms with E-state index in [4.69, 9.17) is 9.47 Å². The Hall–Kier alpha value is -1.10. The molecule has 21 heavy (non-hydrogen) atoms. The Balaban J connectivity index is 2.11. The van der Waals surface area contributed by atoms with Crippen molar-refractivity contribution in [2.75, 3.05) is 33.3 Å². The topological polar surface area (TPSA) is 33.7 Å². The number of hydrogen-bond donors (Lipinski definition) is 1. The molecule has 4 heteroatoms. The van der Waals surface area contributed by atoms with E-state index >= 15 is 0 Å². The van der Waals surface area contributed by atoms with Crippen LogP contribution in [0.1, 0.15) is 32.4 Å². The predicted molar refractivity (Wildman–Crippen MR) is 85.9 cm³/mol. The molecule has 2 atom stereocenters. The second-order valence-corrected chi connectivity index (χ2v) is 5.88. The Kier molecular flexibility index (Phi) is 6.03. The summed E-state index contributed by atoms with van der Waals surface area (Å²) in [5.74, 6) is 0.927. The molecule has 1 aliphatic heterocycles. The van der Waals surface area contributed by atoms with E-state index in [0.717, 1.165) is 32.0 Å². The lowest BCUT2D eigenvalue weighted by atomic mass is 9.98. The van der Waals surface area contributed by atoms with Crippen molar-refractivity contribution in [1.29, 1.82) is 0 Å². The molecule has 1 aromatic rings. The summed E-state index contributed by atoms with van der Waals surface area (Å²) in [6.45, 7) is 9.84. The lowest BCUT2D eigenvalue weighted by molar-refractivity contribution is -0.0611. The van der Waals surface area contributed by atoms with Gasteiger partial charge in [0.2, 0.25) is 0 Å². The molecular formula is C17H28N2O2.